The summed E-state index contributed by atoms with van der Waals surface area (Å²) >= 11 is 0. The van der Waals surface area contributed by atoms with Gasteiger partial charge in [0.15, 0.2) is 17.5 Å². The topological polar surface area (TPSA) is 116 Å². The van der Waals surface area contributed by atoms with Crippen molar-refractivity contribution in [1.29, 1.82) is 0 Å². The van der Waals surface area contributed by atoms with Crippen molar-refractivity contribution in [2.75, 3.05) is 5.32 Å². The number of carbonyl (C=O) groups excluding carboxylic acids is 1. The molecule has 0 unspecified atom stereocenters. The molecule has 0 bridgehead atoms. The molecule has 3 N–H and O–H groups in total. The molecule has 0 saturated heterocycles. The van der Waals surface area contributed by atoms with E-state index < -0.39 is 85.4 Å². The smallest absolute Gasteiger partial charge is 0.418 e. The summed E-state index contributed by atoms with van der Waals surface area (Å²) in [7, 11) is -4.61. The number of halogens is 6. The van der Waals surface area contributed by atoms with Crippen molar-refractivity contribution in [1.82, 2.24) is 8.96 Å². The van der Waals surface area contributed by atoms with Gasteiger partial charge in [0.05, 0.1) is 16.2 Å². The van der Waals surface area contributed by atoms with Crippen molar-refractivity contribution in [3.63, 3.8) is 0 Å². The molecule has 2 atom stereocenters. The van der Waals surface area contributed by atoms with Crippen molar-refractivity contribution < 1.29 is 44.3 Å². The highest BCUT2D eigenvalue weighted by Crippen LogP contribution is 2.42. The predicted octanol–water partition coefficient (Wildman–Crippen LogP) is 6.50. The summed E-state index contributed by atoms with van der Waals surface area (Å²) in [4.78, 5) is 14.7. The Morgan fingerprint density at radius 1 is 1.07 bits per heavy atom. The highest BCUT2D eigenvalue weighted by atomic mass is 32.2. The minimum Gasteiger partial charge on any atom is -0.446 e. The predicted molar refractivity (Wildman–Crippen MR) is 144 cm³/mol. The summed E-state index contributed by atoms with van der Waals surface area (Å²) in [6.45, 7) is 1.70. The number of ether oxygens (including phenoxy) is 1. The molecule has 1 aliphatic rings. The summed E-state index contributed by atoms with van der Waals surface area (Å²) in [5.41, 5.74) is 1.92. The van der Waals surface area contributed by atoms with E-state index in [0.29, 0.717) is 47.1 Å². The minimum absolute atomic E-state index is 0.158. The van der Waals surface area contributed by atoms with E-state index in [1.54, 1.807) is 6.92 Å². The number of rotatable bonds is 6. The Hall–Kier alpha value is -4.27. The van der Waals surface area contributed by atoms with Crippen molar-refractivity contribution in [3.8, 4) is 11.3 Å². The van der Waals surface area contributed by atoms with Gasteiger partial charge in [-0.2, -0.15) is 13.2 Å². The SMILES string of the molecule is Cc1ccc(S(=O)(=O)n2cc(-c3nc(N[C@@H]4CCC[C@H](OC(N)=O)C4)c(F)cc3C(F)(F)F)c3cc(F)cc(F)c32)cc1. The van der Waals surface area contributed by atoms with E-state index in [4.69, 9.17) is 10.5 Å². The van der Waals surface area contributed by atoms with Crippen LogP contribution in [0.15, 0.2) is 53.6 Å². The number of alkyl halides is 3. The van der Waals surface area contributed by atoms with E-state index >= 15 is 8.78 Å². The Morgan fingerprint density at radius 2 is 1.77 bits per heavy atom. The molecule has 2 aromatic carbocycles. The van der Waals surface area contributed by atoms with E-state index in [0.717, 1.165) is 0 Å². The Bertz CT molecular complexity index is 1820. The molecule has 15 heteroatoms. The van der Waals surface area contributed by atoms with Crippen LogP contribution in [-0.2, 0) is 20.9 Å². The van der Waals surface area contributed by atoms with Crippen LogP contribution >= 0.6 is 0 Å². The van der Waals surface area contributed by atoms with E-state index in [-0.39, 0.29) is 17.4 Å². The third kappa shape index (κ3) is 5.98. The summed E-state index contributed by atoms with van der Waals surface area (Å²) in [5, 5.41) is 2.19. The molecule has 0 radical (unpaired) electrons. The Balaban J connectivity index is 1.69. The zero-order valence-electron chi connectivity index (χ0n) is 22.4. The molecule has 1 aliphatic carbocycles. The van der Waals surface area contributed by atoms with Crippen LogP contribution in [0.1, 0.15) is 36.8 Å². The number of aryl methyl sites for hydroxylation is 1. The number of primary amides is 1. The van der Waals surface area contributed by atoms with Crippen LogP contribution < -0.4 is 11.1 Å². The maximum Gasteiger partial charge on any atom is 0.418 e. The van der Waals surface area contributed by atoms with E-state index in [1.165, 1.54) is 24.3 Å². The van der Waals surface area contributed by atoms with Gasteiger partial charge in [0.25, 0.3) is 10.0 Å². The standard InChI is InChI=1S/C28H24F6N4O4S/c1-14-5-7-18(8-6-14)43(40,41)38-13-20(19-9-15(29)10-22(30)25(19)38)24-21(28(32,33)34)12-23(31)26(37-24)36-16-3-2-4-17(11-16)42-27(35)39/h5-10,12-13,16-17H,2-4,11H2,1H3,(H2,35,39)(H,36,37)/t16-,17+/m1/s1. The van der Waals surface area contributed by atoms with E-state index in [9.17, 15) is 30.8 Å². The average molecular weight is 627 g/mol. The van der Waals surface area contributed by atoms with Gasteiger partial charge in [-0.1, -0.05) is 17.7 Å². The number of hydrogen-bond acceptors (Lipinski definition) is 6. The van der Waals surface area contributed by atoms with Crippen LogP contribution in [-0.4, -0.2) is 35.6 Å². The Labute approximate surface area is 241 Å². The Morgan fingerprint density at radius 3 is 2.42 bits per heavy atom. The van der Waals surface area contributed by atoms with Gasteiger partial charge in [0, 0.05) is 35.7 Å². The number of nitrogens with one attached hydrogen (secondary N) is 1. The van der Waals surface area contributed by atoms with Crippen molar-refractivity contribution in [2.45, 2.75) is 55.8 Å². The molecule has 1 saturated carbocycles. The number of fused-ring (bicyclic) bond motifs is 1. The monoisotopic (exact) mass is 626 g/mol. The van der Waals surface area contributed by atoms with Crippen LogP contribution in [0.2, 0.25) is 0 Å². The van der Waals surface area contributed by atoms with Crippen LogP contribution in [0, 0.1) is 24.4 Å². The van der Waals surface area contributed by atoms with Crippen molar-refractivity contribution in [2.24, 2.45) is 5.73 Å². The van der Waals surface area contributed by atoms with Gasteiger partial charge < -0.3 is 15.8 Å². The molecule has 5 rings (SSSR count). The zero-order valence-corrected chi connectivity index (χ0v) is 23.2. The molecule has 2 aromatic heterocycles. The van der Waals surface area contributed by atoms with Gasteiger partial charge in [-0.25, -0.2) is 35.3 Å². The normalized spacial score (nSPS) is 17.7. The third-order valence-electron chi connectivity index (χ3n) is 7.15. The highest BCUT2D eigenvalue weighted by molar-refractivity contribution is 7.90. The lowest BCUT2D eigenvalue weighted by atomic mass is 9.93. The van der Waals surface area contributed by atoms with Gasteiger partial charge >= 0.3 is 12.3 Å². The third-order valence-corrected chi connectivity index (χ3v) is 8.82. The van der Waals surface area contributed by atoms with Crippen LogP contribution in [0.25, 0.3) is 22.2 Å². The first kappa shape index (κ1) is 30.2. The van der Waals surface area contributed by atoms with Gasteiger partial charge in [-0.05, 0) is 50.5 Å². The minimum atomic E-state index is -5.19. The molecule has 43 heavy (non-hydrogen) atoms. The number of nitrogens with two attached hydrogens (primary N) is 1. The second kappa shape index (κ2) is 11.1. The largest absolute Gasteiger partial charge is 0.446 e. The fraction of sp³-hybridized carbons (Fsp3) is 0.286. The summed E-state index contributed by atoms with van der Waals surface area (Å²) in [6, 6.07) is 6.09. The summed E-state index contributed by atoms with van der Waals surface area (Å²) in [6.07, 6.45) is -4.53. The van der Waals surface area contributed by atoms with Gasteiger partial charge in [0.2, 0.25) is 0 Å². The molecular formula is C28H24F6N4O4S. The van der Waals surface area contributed by atoms with E-state index in [2.05, 4.69) is 10.3 Å². The van der Waals surface area contributed by atoms with Crippen LogP contribution in [0.5, 0.6) is 0 Å². The number of benzene rings is 2. The van der Waals surface area contributed by atoms with Gasteiger partial charge in [-0.3, -0.25) is 0 Å². The maximum atomic E-state index is 15.2. The molecule has 1 fully saturated rings. The molecule has 8 nitrogen and oxygen atoms in total. The molecule has 228 valence electrons. The quantitative estimate of drug-likeness (QED) is 0.236. The lowest BCUT2D eigenvalue weighted by Crippen LogP contribution is -2.34. The number of pyridine rings is 1. The number of aromatic nitrogens is 2. The zero-order chi connectivity index (χ0) is 31.3. The number of anilines is 1. The highest BCUT2D eigenvalue weighted by Gasteiger charge is 2.38. The summed E-state index contributed by atoms with van der Waals surface area (Å²) < 4.78 is 120. The number of nitrogens with zero attached hydrogens (tertiary/aromatic N) is 2. The molecule has 0 aliphatic heterocycles. The first-order valence-corrected chi connectivity index (χ1v) is 14.4. The molecular weight excluding hydrogens is 602 g/mol. The second-order valence-corrected chi connectivity index (χ2v) is 12.0. The summed E-state index contributed by atoms with van der Waals surface area (Å²) in [5.74, 6) is -4.53. The van der Waals surface area contributed by atoms with E-state index in [1.807, 2.05) is 0 Å². The average Bonchev–Trinajstić information content (AvgIpc) is 3.30. The second-order valence-electron chi connectivity index (χ2n) is 10.2. The van der Waals surface area contributed by atoms with Gasteiger partial charge in [0.1, 0.15) is 17.4 Å². The molecule has 2 heterocycles. The number of amides is 1. The van der Waals surface area contributed by atoms with Crippen molar-refractivity contribution >= 4 is 32.8 Å². The lowest BCUT2D eigenvalue weighted by Gasteiger charge is -2.29. The van der Waals surface area contributed by atoms with Crippen LogP contribution in [0.4, 0.5) is 37.0 Å². The molecule has 4 aromatic rings. The number of hydrogen-bond donors (Lipinski definition) is 2. The van der Waals surface area contributed by atoms with Crippen molar-refractivity contribution in [3.05, 3.63) is 77.2 Å². The first-order chi connectivity index (χ1) is 20.1. The molecule has 1 amide bonds. The lowest BCUT2D eigenvalue weighted by molar-refractivity contribution is -0.137. The fourth-order valence-electron chi connectivity index (χ4n) is 5.20. The van der Waals surface area contributed by atoms with Gasteiger partial charge in [-0.15, -0.1) is 0 Å². The number of carbonyl (C=O) groups is 1. The van der Waals surface area contributed by atoms with Crippen LogP contribution in [0.3, 0.4) is 0 Å². The first-order valence-electron chi connectivity index (χ1n) is 13.0. The maximum absolute atomic E-state index is 15.2. The molecule has 0 spiro atoms. The fourth-order valence-corrected chi connectivity index (χ4v) is 6.58. The Kier molecular flexibility index (Phi) is 7.79.